The van der Waals surface area contributed by atoms with Crippen molar-refractivity contribution < 1.29 is 0 Å². The molecule has 1 aliphatic carbocycles. The van der Waals surface area contributed by atoms with Crippen molar-refractivity contribution in [2.24, 2.45) is 5.92 Å². The molecular weight excluding hydrogens is 175 g/mol. The maximum atomic E-state index is 2.47. The van der Waals surface area contributed by atoms with Crippen LogP contribution in [-0.4, -0.2) is 10.8 Å². The van der Waals surface area contributed by atoms with Gasteiger partial charge in [0.1, 0.15) is 0 Å². The van der Waals surface area contributed by atoms with Crippen LogP contribution in [0.3, 0.4) is 0 Å². The highest BCUT2D eigenvalue weighted by atomic mass is 31.1. The lowest BCUT2D eigenvalue weighted by molar-refractivity contribution is 0.354. The molecule has 0 aromatic heterocycles. The Morgan fingerprint density at radius 2 is 1.62 bits per heavy atom. The van der Waals surface area contributed by atoms with E-state index in [0.29, 0.717) is 5.16 Å². The number of hydrogen-bond acceptors (Lipinski definition) is 0. The topological polar surface area (TPSA) is 0 Å². The molecule has 0 aromatic carbocycles. The van der Waals surface area contributed by atoms with E-state index in [4.69, 9.17) is 0 Å². The van der Waals surface area contributed by atoms with Crippen LogP contribution in [0.4, 0.5) is 0 Å². The zero-order valence-electron chi connectivity index (χ0n) is 9.69. The summed E-state index contributed by atoms with van der Waals surface area (Å²) < 4.78 is 0. The minimum absolute atomic E-state index is 0.552. The predicted molar refractivity (Wildman–Crippen MR) is 64.1 cm³/mol. The second-order valence-electron chi connectivity index (χ2n) is 5.58. The van der Waals surface area contributed by atoms with Crippen LogP contribution in [0, 0.1) is 5.92 Å². The Balaban J connectivity index is 2.33. The zero-order valence-corrected chi connectivity index (χ0v) is 10.7. The molecular formula is C12H25P. The van der Waals surface area contributed by atoms with E-state index in [1.54, 1.807) is 0 Å². The summed E-state index contributed by atoms with van der Waals surface area (Å²) in [5.41, 5.74) is 0.972. The second kappa shape index (κ2) is 4.78. The van der Waals surface area contributed by atoms with E-state index < -0.39 is 0 Å². The zero-order chi connectivity index (χ0) is 9.90. The molecule has 0 spiro atoms. The normalized spacial score (nSPS) is 24.0. The highest BCUT2D eigenvalue weighted by Gasteiger charge is 2.23. The molecule has 0 nitrogen and oxygen atoms in total. The fourth-order valence-corrected chi connectivity index (χ4v) is 4.37. The van der Waals surface area contributed by atoms with E-state index >= 15 is 0 Å². The van der Waals surface area contributed by atoms with Gasteiger partial charge in [-0.05, 0) is 29.6 Å². The Morgan fingerprint density at radius 1 is 1.08 bits per heavy atom. The molecule has 78 valence electrons. The first-order valence-electron chi connectivity index (χ1n) is 5.77. The van der Waals surface area contributed by atoms with Crippen LogP contribution >= 0.6 is 8.58 Å². The maximum Gasteiger partial charge on any atom is -0.0204 e. The highest BCUT2D eigenvalue weighted by molar-refractivity contribution is 7.40. The fraction of sp³-hybridized carbons (Fsp3) is 1.00. The largest absolute Gasteiger partial charge is 0.113 e. The van der Waals surface area contributed by atoms with Crippen LogP contribution in [0.25, 0.3) is 0 Å². The Hall–Kier alpha value is 0.430. The first-order valence-corrected chi connectivity index (χ1v) is 6.84. The molecule has 1 heteroatoms. The summed E-state index contributed by atoms with van der Waals surface area (Å²) in [5.74, 6) is 1.05. The van der Waals surface area contributed by atoms with Gasteiger partial charge >= 0.3 is 0 Å². The van der Waals surface area contributed by atoms with Crippen molar-refractivity contribution in [2.45, 2.75) is 70.6 Å². The molecule has 2 atom stereocenters. The lowest BCUT2D eigenvalue weighted by Crippen LogP contribution is -2.20. The molecule has 2 unspecified atom stereocenters. The quantitative estimate of drug-likeness (QED) is 0.578. The molecule has 0 aromatic rings. The summed E-state index contributed by atoms with van der Waals surface area (Å²) in [5, 5.41) is 0.552. The van der Waals surface area contributed by atoms with Gasteiger partial charge in [0.25, 0.3) is 0 Å². The summed E-state index contributed by atoms with van der Waals surface area (Å²) in [6, 6.07) is 0. The van der Waals surface area contributed by atoms with Gasteiger partial charge in [-0.1, -0.05) is 47.0 Å². The third-order valence-corrected chi connectivity index (χ3v) is 4.81. The average molecular weight is 200 g/mol. The smallest absolute Gasteiger partial charge is 0.0204 e. The van der Waals surface area contributed by atoms with Crippen molar-refractivity contribution in [1.29, 1.82) is 0 Å². The number of hydrogen-bond donors (Lipinski definition) is 0. The van der Waals surface area contributed by atoms with E-state index in [1.165, 1.54) is 32.1 Å². The van der Waals surface area contributed by atoms with Crippen LogP contribution in [0.2, 0.25) is 0 Å². The van der Waals surface area contributed by atoms with Crippen molar-refractivity contribution in [3.8, 4) is 0 Å². The molecule has 0 heterocycles. The van der Waals surface area contributed by atoms with Gasteiger partial charge in [-0.3, -0.25) is 0 Å². The van der Waals surface area contributed by atoms with Gasteiger partial charge in [-0.25, -0.2) is 0 Å². The first kappa shape index (κ1) is 11.5. The minimum Gasteiger partial charge on any atom is -0.113 e. The third-order valence-electron chi connectivity index (χ3n) is 3.02. The van der Waals surface area contributed by atoms with Gasteiger partial charge in [0, 0.05) is 0 Å². The average Bonchev–Trinajstić information content (AvgIpc) is 2.03. The molecule has 0 amide bonds. The molecule has 1 saturated carbocycles. The van der Waals surface area contributed by atoms with Gasteiger partial charge < -0.3 is 0 Å². The summed E-state index contributed by atoms with van der Waals surface area (Å²) in [7, 11) is 1.15. The van der Waals surface area contributed by atoms with Gasteiger partial charge in [-0.15, -0.1) is 8.58 Å². The van der Waals surface area contributed by atoms with Crippen molar-refractivity contribution in [3.63, 3.8) is 0 Å². The molecule has 0 bridgehead atoms. The van der Waals surface area contributed by atoms with Crippen LogP contribution in [0.15, 0.2) is 0 Å². The highest BCUT2D eigenvalue weighted by Crippen LogP contribution is 2.42. The van der Waals surface area contributed by atoms with Crippen molar-refractivity contribution in [1.82, 2.24) is 0 Å². The van der Waals surface area contributed by atoms with Crippen molar-refractivity contribution >= 4 is 8.58 Å². The van der Waals surface area contributed by atoms with Gasteiger partial charge in [0.2, 0.25) is 0 Å². The monoisotopic (exact) mass is 200 g/mol. The lowest BCUT2D eigenvalue weighted by atomic mass is 9.87. The van der Waals surface area contributed by atoms with Crippen LogP contribution < -0.4 is 0 Å². The summed E-state index contributed by atoms with van der Waals surface area (Å²) >= 11 is 0. The Morgan fingerprint density at radius 3 is 2.08 bits per heavy atom. The van der Waals surface area contributed by atoms with E-state index in [1.807, 2.05) is 0 Å². The third kappa shape index (κ3) is 4.45. The molecule has 0 aliphatic heterocycles. The minimum atomic E-state index is 0.552. The fourth-order valence-electron chi connectivity index (χ4n) is 2.44. The van der Waals surface area contributed by atoms with E-state index in [-0.39, 0.29) is 0 Å². The van der Waals surface area contributed by atoms with E-state index in [2.05, 4.69) is 27.7 Å². The molecule has 0 radical (unpaired) electrons. The Labute approximate surface area is 85.7 Å². The molecule has 0 saturated heterocycles. The number of rotatable bonds is 2. The second-order valence-corrected chi connectivity index (χ2v) is 8.28. The predicted octanol–water partition coefficient (Wildman–Crippen LogP) is 4.43. The van der Waals surface area contributed by atoms with Crippen molar-refractivity contribution in [3.05, 3.63) is 0 Å². The van der Waals surface area contributed by atoms with Crippen LogP contribution in [-0.2, 0) is 0 Å². The SMILES string of the molecule is CC(PC(C)(C)C)C1CCCCC1. The first-order chi connectivity index (χ1) is 5.99. The van der Waals surface area contributed by atoms with E-state index in [0.717, 1.165) is 20.2 Å². The summed E-state index contributed by atoms with van der Waals surface area (Å²) in [4.78, 5) is 0. The van der Waals surface area contributed by atoms with Crippen LogP contribution in [0.1, 0.15) is 59.8 Å². The molecule has 1 aliphatic rings. The van der Waals surface area contributed by atoms with Gasteiger partial charge in [0.15, 0.2) is 0 Å². The Kier molecular flexibility index (Phi) is 4.23. The summed E-state index contributed by atoms with van der Waals surface area (Å²) in [6.07, 6.45) is 7.48. The molecule has 1 fully saturated rings. The van der Waals surface area contributed by atoms with Gasteiger partial charge in [0.05, 0.1) is 0 Å². The lowest BCUT2D eigenvalue weighted by Gasteiger charge is -2.32. The Bertz CT molecular complexity index is 140. The summed E-state index contributed by atoms with van der Waals surface area (Å²) in [6.45, 7) is 9.61. The maximum absolute atomic E-state index is 2.47. The molecule has 13 heavy (non-hydrogen) atoms. The standard InChI is InChI=1S/C12H25P/c1-10(13-12(2,3)4)11-8-6-5-7-9-11/h10-11,13H,5-9H2,1-4H3. The van der Waals surface area contributed by atoms with Crippen LogP contribution in [0.5, 0.6) is 0 Å². The van der Waals surface area contributed by atoms with Gasteiger partial charge in [-0.2, -0.15) is 0 Å². The van der Waals surface area contributed by atoms with E-state index in [9.17, 15) is 0 Å². The van der Waals surface area contributed by atoms with Crippen molar-refractivity contribution in [2.75, 3.05) is 0 Å². The molecule has 1 rings (SSSR count). The molecule has 0 N–H and O–H groups in total.